The van der Waals surface area contributed by atoms with Gasteiger partial charge in [-0.1, -0.05) is 13.0 Å². The summed E-state index contributed by atoms with van der Waals surface area (Å²) >= 11 is 0. The van der Waals surface area contributed by atoms with Gasteiger partial charge in [0, 0.05) is 13.1 Å². The van der Waals surface area contributed by atoms with Crippen LogP contribution in [0, 0.1) is 6.92 Å². The van der Waals surface area contributed by atoms with Crippen LogP contribution in [0.5, 0.6) is 0 Å². The van der Waals surface area contributed by atoms with Crippen LogP contribution < -0.4 is 11.1 Å². The van der Waals surface area contributed by atoms with Crippen LogP contribution in [0.1, 0.15) is 19.4 Å². The Morgan fingerprint density at radius 2 is 2.00 bits per heavy atom. The van der Waals surface area contributed by atoms with Crippen molar-refractivity contribution in [2.45, 2.75) is 25.7 Å². The van der Waals surface area contributed by atoms with Crippen molar-refractivity contribution in [1.29, 1.82) is 0 Å². The van der Waals surface area contributed by atoms with Gasteiger partial charge in [-0.3, -0.25) is 4.79 Å². The van der Waals surface area contributed by atoms with E-state index in [1.54, 1.807) is 26.0 Å². The highest BCUT2D eigenvalue weighted by Gasteiger charge is 2.26. The highest BCUT2D eigenvalue weighted by Crippen LogP contribution is 2.23. The molecule has 0 fully saturated rings. The zero-order chi connectivity index (χ0) is 15.3. The van der Waals surface area contributed by atoms with Crippen LogP contribution in [0.15, 0.2) is 23.1 Å². The van der Waals surface area contributed by atoms with Gasteiger partial charge in [0.1, 0.15) is 4.90 Å². The van der Waals surface area contributed by atoms with Gasteiger partial charge in [-0.25, -0.2) is 8.42 Å². The number of rotatable bonds is 6. The second-order valence-corrected chi connectivity index (χ2v) is 6.33. The monoisotopic (exact) mass is 299 g/mol. The molecular weight excluding hydrogens is 278 g/mol. The molecule has 0 saturated carbocycles. The fourth-order valence-corrected chi connectivity index (χ4v) is 3.32. The first-order valence-electron chi connectivity index (χ1n) is 6.45. The van der Waals surface area contributed by atoms with Gasteiger partial charge in [-0.2, -0.15) is 4.31 Å². The van der Waals surface area contributed by atoms with E-state index in [0.717, 1.165) is 9.87 Å². The molecule has 0 unspecified atom stereocenters. The fraction of sp³-hybridized carbons (Fsp3) is 0.462. The zero-order valence-corrected chi connectivity index (χ0v) is 12.8. The lowest BCUT2D eigenvalue weighted by Crippen LogP contribution is -2.40. The van der Waals surface area contributed by atoms with Crippen molar-refractivity contribution in [2.24, 2.45) is 0 Å². The number of hydrogen-bond donors (Lipinski definition) is 2. The highest BCUT2D eigenvalue weighted by atomic mass is 32.2. The Morgan fingerprint density at radius 3 is 2.50 bits per heavy atom. The third-order valence-corrected chi connectivity index (χ3v) is 4.82. The summed E-state index contributed by atoms with van der Waals surface area (Å²) in [6.45, 7) is 5.75. The fourth-order valence-electron chi connectivity index (χ4n) is 1.82. The molecule has 0 aromatic heterocycles. The molecule has 1 aromatic carbocycles. The number of aryl methyl sites for hydroxylation is 1. The van der Waals surface area contributed by atoms with Crippen LogP contribution in [-0.4, -0.2) is 38.3 Å². The van der Waals surface area contributed by atoms with Crippen molar-refractivity contribution < 1.29 is 13.2 Å². The second kappa shape index (κ2) is 6.71. The van der Waals surface area contributed by atoms with Crippen molar-refractivity contribution in [3.05, 3.63) is 23.8 Å². The summed E-state index contributed by atoms with van der Waals surface area (Å²) in [6.07, 6.45) is 0. The number of nitrogens with two attached hydrogens (primary N) is 1. The van der Waals surface area contributed by atoms with E-state index in [2.05, 4.69) is 5.32 Å². The average molecular weight is 299 g/mol. The quantitative estimate of drug-likeness (QED) is 0.757. The van der Waals surface area contributed by atoms with Crippen molar-refractivity contribution in [1.82, 2.24) is 9.62 Å². The summed E-state index contributed by atoms with van der Waals surface area (Å²) in [5.74, 6) is -0.330. The minimum Gasteiger partial charge on any atom is -0.398 e. The van der Waals surface area contributed by atoms with Crippen molar-refractivity contribution >= 4 is 21.6 Å². The number of hydrogen-bond acceptors (Lipinski definition) is 4. The lowest BCUT2D eigenvalue weighted by molar-refractivity contribution is -0.121. The third kappa shape index (κ3) is 3.71. The molecule has 0 aliphatic rings. The van der Waals surface area contributed by atoms with Crippen LogP contribution in [0.4, 0.5) is 5.69 Å². The van der Waals surface area contributed by atoms with Crippen LogP contribution in [0.3, 0.4) is 0 Å². The molecule has 3 N–H and O–H groups in total. The molecule has 0 heterocycles. The van der Waals surface area contributed by atoms with E-state index in [-0.39, 0.29) is 29.6 Å². The van der Waals surface area contributed by atoms with Crippen LogP contribution in [0.2, 0.25) is 0 Å². The average Bonchev–Trinajstić information content (AvgIpc) is 2.35. The third-order valence-electron chi connectivity index (χ3n) is 2.83. The Bertz CT molecular complexity index is 585. The first kappa shape index (κ1) is 16.5. The maximum absolute atomic E-state index is 12.5. The van der Waals surface area contributed by atoms with Crippen molar-refractivity contribution in [2.75, 3.05) is 25.4 Å². The number of carbonyl (C=O) groups is 1. The lowest BCUT2D eigenvalue weighted by atomic mass is 10.2. The minimum absolute atomic E-state index is 0.0363. The Hall–Kier alpha value is -1.60. The first-order chi connectivity index (χ1) is 9.32. The molecule has 0 saturated heterocycles. The maximum atomic E-state index is 12.5. The molecule has 7 heteroatoms. The minimum atomic E-state index is -3.76. The lowest BCUT2D eigenvalue weighted by Gasteiger charge is -2.21. The number of nitrogens with zero attached hydrogens (tertiary/aromatic N) is 1. The van der Waals surface area contributed by atoms with Gasteiger partial charge in [0.2, 0.25) is 15.9 Å². The van der Waals surface area contributed by atoms with E-state index in [0.29, 0.717) is 6.54 Å². The van der Waals surface area contributed by atoms with Crippen molar-refractivity contribution in [3.63, 3.8) is 0 Å². The van der Waals surface area contributed by atoms with E-state index in [4.69, 9.17) is 5.73 Å². The van der Waals surface area contributed by atoms with Gasteiger partial charge in [-0.15, -0.1) is 0 Å². The van der Waals surface area contributed by atoms with E-state index in [1.807, 2.05) is 6.92 Å². The summed E-state index contributed by atoms with van der Waals surface area (Å²) in [7, 11) is -3.76. The topological polar surface area (TPSA) is 92.5 Å². The normalized spacial score (nSPS) is 11.6. The SMILES string of the molecule is CCNC(=O)CN(CC)S(=O)(=O)c1ccc(C)cc1N. The Balaban J connectivity index is 3.09. The highest BCUT2D eigenvalue weighted by molar-refractivity contribution is 7.89. The standard InChI is InChI=1S/C13H21N3O3S/c1-4-15-13(17)9-16(5-2)20(18,19)12-7-6-10(3)8-11(12)14/h6-8H,4-5,9,14H2,1-3H3,(H,15,17). The van der Waals surface area contributed by atoms with E-state index >= 15 is 0 Å². The molecule has 20 heavy (non-hydrogen) atoms. The number of nitrogen functional groups attached to an aromatic ring is 1. The summed E-state index contributed by atoms with van der Waals surface area (Å²) in [5, 5.41) is 2.58. The van der Waals surface area contributed by atoms with Gasteiger partial charge < -0.3 is 11.1 Å². The van der Waals surface area contributed by atoms with E-state index in [9.17, 15) is 13.2 Å². The van der Waals surface area contributed by atoms with Gasteiger partial charge in [0.15, 0.2) is 0 Å². The summed E-state index contributed by atoms with van der Waals surface area (Å²) < 4.78 is 26.1. The molecule has 0 spiro atoms. The summed E-state index contributed by atoms with van der Waals surface area (Å²) in [5.41, 5.74) is 6.86. The molecule has 112 valence electrons. The smallest absolute Gasteiger partial charge is 0.245 e. The first-order valence-corrected chi connectivity index (χ1v) is 7.89. The number of benzene rings is 1. The number of likely N-dealkylation sites (N-methyl/N-ethyl adjacent to an activating group) is 2. The number of carbonyl (C=O) groups excluding carboxylic acids is 1. The Morgan fingerprint density at radius 1 is 1.35 bits per heavy atom. The zero-order valence-electron chi connectivity index (χ0n) is 12.0. The largest absolute Gasteiger partial charge is 0.398 e. The molecular formula is C13H21N3O3S. The van der Waals surface area contributed by atoms with E-state index in [1.165, 1.54) is 6.07 Å². The molecule has 1 rings (SSSR count). The molecule has 0 radical (unpaired) electrons. The summed E-state index contributed by atoms with van der Waals surface area (Å²) in [4.78, 5) is 11.6. The summed E-state index contributed by atoms with van der Waals surface area (Å²) in [6, 6.07) is 4.76. The van der Waals surface area contributed by atoms with Crippen LogP contribution in [-0.2, 0) is 14.8 Å². The predicted octanol–water partition coefficient (Wildman–Crippen LogP) is 0.724. The molecule has 1 aromatic rings. The predicted molar refractivity (Wildman–Crippen MR) is 78.7 cm³/mol. The van der Waals surface area contributed by atoms with E-state index < -0.39 is 10.0 Å². The molecule has 0 atom stereocenters. The second-order valence-electron chi connectivity index (χ2n) is 4.43. The number of sulfonamides is 1. The Labute approximate surface area is 120 Å². The van der Waals surface area contributed by atoms with Gasteiger partial charge >= 0.3 is 0 Å². The molecule has 0 bridgehead atoms. The van der Waals surface area contributed by atoms with Crippen LogP contribution >= 0.6 is 0 Å². The number of amides is 1. The number of nitrogens with one attached hydrogen (secondary N) is 1. The number of anilines is 1. The molecule has 1 amide bonds. The van der Waals surface area contributed by atoms with Crippen molar-refractivity contribution in [3.8, 4) is 0 Å². The molecule has 0 aliphatic heterocycles. The molecule has 0 aliphatic carbocycles. The van der Waals surface area contributed by atoms with Crippen LogP contribution in [0.25, 0.3) is 0 Å². The maximum Gasteiger partial charge on any atom is 0.245 e. The van der Waals surface area contributed by atoms with Gasteiger partial charge in [0.05, 0.1) is 12.2 Å². The van der Waals surface area contributed by atoms with Gasteiger partial charge in [-0.05, 0) is 31.5 Å². The molecule has 6 nitrogen and oxygen atoms in total. The van der Waals surface area contributed by atoms with Gasteiger partial charge in [0.25, 0.3) is 0 Å². The Kier molecular flexibility index (Phi) is 5.52.